The average Bonchev–Trinajstić information content (AvgIpc) is 3.61. The molecular formula is C35H69NO3. The number of hydrogen-bond donors (Lipinski definition) is 2. The van der Waals surface area contributed by atoms with Gasteiger partial charge in [-0.2, -0.15) is 0 Å². The van der Waals surface area contributed by atoms with E-state index < -0.39 is 0 Å². The van der Waals surface area contributed by atoms with Crippen LogP contribution in [0.3, 0.4) is 0 Å². The molecule has 3 fully saturated rings. The number of aryl methyl sites for hydroxylation is 2. The van der Waals surface area contributed by atoms with Gasteiger partial charge in [0.1, 0.15) is 0 Å². The lowest BCUT2D eigenvalue weighted by Crippen LogP contribution is -2.28. The molecule has 0 bridgehead atoms. The van der Waals surface area contributed by atoms with Gasteiger partial charge in [-0.3, -0.25) is 0 Å². The monoisotopic (exact) mass is 552 g/mol. The number of hydrogen-bond acceptors (Lipinski definition) is 4. The van der Waals surface area contributed by atoms with Crippen LogP contribution in [-0.4, -0.2) is 55.1 Å². The Morgan fingerprint density at radius 3 is 1.69 bits per heavy atom. The van der Waals surface area contributed by atoms with Gasteiger partial charge in [0, 0.05) is 45.7 Å². The standard InChI is InChI=1S/C8H15N.C8H10.C6H12O.C6H14O.C5H10O.2CH4/c1-7-4-5-8(2)9(3)6-7;1-7-4-3-5-8(2)6-7;1-6-2-4-7-5-3-6;1-5(2)6(3)4-7;1-5(4-6)2-3-5;;/h7H,2,4-6H2,1,3H3;3-6H,1-2H3;6H,2-5H2,1H3;5-7H,4H2,1-3H3;6H,2-4H2,1H3;2*1H4/t7-;;;6-;;;/m0..0.../s1. The van der Waals surface area contributed by atoms with Crippen molar-refractivity contribution in [3.05, 3.63) is 47.7 Å². The molecule has 39 heavy (non-hydrogen) atoms. The quantitative estimate of drug-likeness (QED) is 0.394. The number of piperidine rings is 1. The van der Waals surface area contributed by atoms with E-state index in [4.69, 9.17) is 14.9 Å². The third kappa shape index (κ3) is 23.1. The summed E-state index contributed by atoms with van der Waals surface area (Å²) in [6.45, 7) is 25.0. The first-order valence-electron chi connectivity index (χ1n) is 14.5. The van der Waals surface area contributed by atoms with E-state index in [1.54, 1.807) is 0 Å². The van der Waals surface area contributed by atoms with Crippen LogP contribution in [0.4, 0.5) is 0 Å². The van der Waals surface area contributed by atoms with Gasteiger partial charge in [-0.05, 0) is 81.5 Å². The molecular weight excluding hydrogens is 482 g/mol. The molecule has 1 aromatic carbocycles. The maximum Gasteiger partial charge on any atom is 0.0484 e. The predicted octanol–water partition coefficient (Wildman–Crippen LogP) is 8.92. The molecule has 3 aliphatic rings. The molecule has 1 saturated carbocycles. The fourth-order valence-electron chi connectivity index (χ4n) is 3.50. The molecule has 1 aliphatic carbocycles. The van der Waals surface area contributed by atoms with Gasteiger partial charge in [0.25, 0.3) is 0 Å². The van der Waals surface area contributed by atoms with Gasteiger partial charge in [-0.15, -0.1) is 0 Å². The Bertz CT molecular complexity index is 690. The molecule has 1 aromatic rings. The van der Waals surface area contributed by atoms with Crippen molar-refractivity contribution in [2.24, 2.45) is 29.1 Å². The van der Waals surface area contributed by atoms with Crippen LogP contribution in [-0.2, 0) is 4.74 Å². The highest BCUT2D eigenvalue weighted by atomic mass is 16.5. The first kappa shape index (κ1) is 42.1. The van der Waals surface area contributed by atoms with E-state index in [-0.39, 0.29) is 14.9 Å². The maximum atomic E-state index is 8.51. The van der Waals surface area contributed by atoms with Crippen LogP contribution in [0.25, 0.3) is 0 Å². The van der Waals surface area contributed by atoms with E-state index in [1.807, 2.05) is 6.92 Å². The van der Waals surface area contributed by atoms with Crippen molar-refractivity contribution < 1.29 is 14.9 Å². The lowest BCUT2D eigenvalue weighted by Gasteiger charge is -2.30. The Labute approximate surface area is 245 Å². The molecule has 2 atom stereocenters. The zero-order valence-electron chi connectivity index (χ0n) is 25.9. The summed E-state index contributed by atoms with van der Waals surface area (Å²) >= 11 is 0. The molecule has 2 heterocycles. The van der Waals surface area contributed by atoms with E-state index in [0.717, 1.165) is 25.0 Å². The number of benzene rings is 1. The summed E-state index contributed by atoms with van der Waals surface area (Å²) in [6, 6.07) is 8.45. The smallest absolute Gasteiger partial charge is 0.0484 e. The average molecular weight is 552 g/mol. The summed E-state index contributed by atoms with van der Waals surface area (Å²) in [5.74, 6) is 2.85. The van der Waals surface area contributed by atoms with Gasteiger partial charge in [0.15, 0.2) is 0 Å². The van der Waals surface area contributed by atoms with Crippen LogP contribution in [0, 0.1) is 42.9 Å². The second-order valence-corrected chi connectivity index (χ2v) is 12.4. The van der Waals surface area contributed by atoms with Crippen LogP contribution < -0.4 is 0 Å². The second-order valence-electron chi connectivity index (χ2n) is 12.4. The lowest BCUT2D eigenvalue weighted by molar-refractivity contribution is 0.0716. The van der Waals surface area contributed by atoms with E-state index in [0.29, 0.717) is 30.5 Å². The first-order chi connectivity index (χ1) is 17.3. The molecule has 4 heteroatoms. The molecule has 0 amide bonds. The Balaban J connectivity index is -0.000000413. The van der Waals surface area contributed by atoms with Gasteiger partial charge in [-0.1, -0.05) is 98.4 Å². The Kier molecular flexibility index (Phi) is 25.2. The fraction of sp³-hybridized carbons (Fsp3) is 0.771. The predicted molar refractivity (Wildman–Crippen MR) is 174 cm³/mol. The van der Waals surface area contributed by atoms with Crippen molar-refractivity contribution in [2.45, 2.75) is 109 Å². The van der Waals surface area contributed by atoms with Crippen LogP contribution in [0.2, 0.25) is 0 Å². The number of allylic oxidation sites excluding steroid dienone is 1. The highest BCUT2D eigenvalue weighted by molar-refractivity contribution is 5.20. The Hall–Kier alpha value is -1.36. The number of ether oxygens (including phenoxy) is 1. The van der Waals surface area contributed by atoms with Crippen LogP contribution in [0.15, 0.2) is 36.5 Å². The molecule has 2 aliphatic heterocycles. The lowest BCUT2D eigenvalue weighted by atomic mass is 9.99. The van der Waals surface area contributed by atoms with Crippen molar-refractivity contribution in [1.82, 2.24) is 4.90 Å². The number of rotatable bonds is 3. The topological polar surface area (TPSA) is 52.9 Å². The van der Waals surface area contributed by atoms with E-state index >= 15 is 0 Å². The zero-order valence-corrected chi connectivity index (χ0v) is 25.9. The summed E-state index contributed by atoms with van der Waals surface area (Å²) in [6.07, 6.45) is 7.49. The number of aliphatic hydroxyl groups is 2. The largest absolute Gasteiger partial charge is 0.396 e. The van der Waals surface area contributed by atoms with Gasteiger partial charge >= 0.3 is 0 Å². The molecule has 232 valence electrons. The van der Waals surface area contributed by atoms with E-state index in [1.165, 1.54) is 61.9 Å². The van der Waals surface area contributed by atoms with Gasteiger partial charge in [0.2, 0.25) is 0 Å². The highest BCUT2D eigenvalue weighted by Gasteiger charge is 2.35. The zero-order chi connectivity index (χ0) is 28.4. The summed E-state index contributed by atoms with van der Waals surface area (Å²) in [4.78, 5) is 2.26. The second kappa shape index (κ2) is 23.4. The minimum Gasteiger partial charge on any atom is -0.396 e. The number of aliphatic hydroxyl groups excluding tert-OH is 2. The Morgan fingerprint density at radius 2 is 1.49 bits per heavy atom. The minimum atomic E-state index is 0. The van der Waals surface area contributed by atoms with Crippen LogP contribution in [0.1, 0.15) is 106 Å². The maximum absolute atomic E-state index is 8.51. The van der Waals surface area contributed by atoms with E-state index in [2.05, 4.69) is 91.3 Å². The third-order valence-electron chi connectivity index (χ3n) is 7.65. The summed E-state index contributed by atoms with van der Waals surface area (Å²) < 4.78 is 5.14. The van der Waals surface area contributed by atoms with Gasteiger partial charge in [0.05, 0.1) is 0 Å². The van der Waals surface area contributed by atoms with Crippen LogP contribution in [0.5, 0.6) is 0 Å². The fourth-order valence-corrected chi connectivity index (χ4v) is 3.50. The van der Waals surface area contributed by atoms with Crippen molar-refractivity contribution in [1.29, 1.82) is 0 Å². The van der Waals surface area contributed by atoms with Crippen molar-refractivity contribution in [2.75, 3.05) is 40.0 Å². The van der Waals surface area contributed by atoms with Crippen LogP contribution >= 0.6 is 0 Å². The highest BCUT2D eigenvalue weighted by Crippen LogP contribution is 2.43. The number of likely N-dealkylation sites (tertiary alicyclic amines) is 1. The molecule has 2 saturated heterocycles. The first-order valence-corrected chi connectivity index (χ1v) is 14.5. The molecule has 0 radical (unpaired) electrons. The van der Waals surface area contributed by atoms with Gasteiger partial charge in [-0.25, -0.2) is 0 Å². The van der Waals surface area contributed by atoms with E-state index in [9.17, 15) is 0 Å². The van der Waals surface area contributed by atoms with Crippen molar-refractivity contribution in [3.8, 4) is 0 Å². The normalized spacial score (nSPS) is 19.9. The SMILES string of the molecule is C.C.C=C1CC[C@H](C)CN1C.CC(C)[C@@H](C)CO.CC1(CO)CC1.CC1CCOCC1.Cc1cccc(C)c1. The Morgan fingerprint density at radius 1 is 0.974 bits per heavy atom. The molecule has 0 spiro atoms. The molecule has 0 unspecified atom stereocenters. The van der Waals surface area contributed by atoms with Crippen molar-refractivity contribution in [3.63, 3.8) is 0 Å². The minimum absolute atomic E-state index is 0. The molecule has 0 aromatic heterocycles. The van der Waals surface area contributed by atoms with Crippen molar-refractivity contribution >= 4 is 0 Å². The van der Waals surface area contributed by atoms with Gasteiger partial charge < -0.3 is 19.8 Å². The summed E-state index contributed by atoms with van der Waals surface area (Å²) in [5.41, 5.74) is 4.32. The summed E-state index contributed by atoms with van der Waals surface area (Å²) in [7, 11) is 2.12. The summed E-state index contributed by atoms with van der Waals surface area (Å²) in [5, 5.41) is 17.0. The number of nitrogens with zero attached hydrogens (tertiary/aromatic N) is 1. The third-order valence-corrected chi connectivity index (χ3v) is 7.65. The molecule has 2 N–H and O–H groups in total. The molecule has 4 rings (SSSR count). The molecule has 4 nitrogen and oxygen atoms in total.